The summed E-state index contributed by atoms with van der Waals surface area (Å²) in [5.41, 5.74) is -0.789. The van der Waals surface area contributed by atoms with Crippen molar-refractivity contribution >= 4 is 12.2 Å². The number of nitrogens with one attached hydrogen (secondary N) is 2. The summed E-state index contributed by atoms with van der Waals surface area (Å²) >= 11 is 0. The number of hydrogen-bond acceptors (Lipinski definition) is 3. The summed E-state index contributed by atoms with van der Waals surface area (Å²) in [5, 5.41) is 5.64. The largest absolute Gasteiger partial charge is 0.343 e. The fraction of sp³-hybridized carbons (Fsp3) is 0.818. The number of carbonyl (C=O) groups excluding carboxylic acids is 2. The molecular formula is C11H22N2O2. The standard InChI is InChI=1S/C11H22N2O2/c1-8(2)6-9(12-5)10(15)13-11(3,4)7-14/h7-9,12H,6H2,1-5H3,(H,13,15). The first kappa shape index (κ1) is 14.1. The molecule has 0 aromatic heterocycles. The van der Waals surface area contributed by atoms with Gasteiger partial charge in [0.25, 0.3) is 0 Å². The van der Waals surface area contributed by atoms with Gasteiger partial charge in [-0.15, -0.1) is 0 Å². The maximum atomic E-state index is 11.8. The Morgan fingerprint density at radius 2 is 1.93 bits per heavy atom. The van der Waals surface area contributed by atoms with Gasteiger partial charge in [0, 0.05) is 0 Å². The summed E-state index contributed by atoms with van der Waals surface area (Å²) < 4.78 is 0. The summed E-state index contributed by atoms with van der Waals surface area (Å²) in [4.78, 5) is 22.4. The molecule has 0 heterocycles. The van der Waals surface area contributed by atoms with Crippen molar-refractivity contribution in [1.29, 1.82) is 0 Å². The van der Waals surface area contributed by atoms with Crippen molar-refractivity contribution in [3.05, 3.63) is 0 Å². The van der Waals surface area contributed by atoms with Gasteiger partial charge in [-0.2, -0.15) is 0 Å². The molecule has 0 aromatic rings. The third kappa shape index (κ3) is 5.52. The second-order valence-corrected chi connectivity index (χ2v) is 4.80. The molecule has 0 radical (unpaired) electrons. The number of carbonyl (C=O) groups is 2. The maximum Gasteiger partial charge on any atom is 0.237 e. The Kier molecular flexibility index (Phi) is 5.50. The van der Waals surface area contributed by atoms with E-state index in [4.69, 9.17) is 0 Å². The second-order valence-electron chi connectivity index (χ2n) is 4.80. The second kappa shape index (κ2) is 5.85. The van der Waals surface area contributed by atoms with Gasteiger partial charge >= 0.3 is 0 Å². The number of hydrogen-bond donors (Lipinski definition) is 2. The van der Waals surface area contributed by atoms with E-state index in [2.05, 4.69) is 24.5 Å². The lowest BCUT2D eigenvalue weighted by atomic mass is 10.0. The van der Waals surface area contributed by atoms with E-state index in [1.54, 1.807) is 20.9 Å². The third-order valence-corrected chi connectivity index (χ3v) is 2.11. The molecule has 0 aromatic carbocycles. The molecule has 4 nitrogen and oxygen atoms in total. The fourth-order valence-corrected chi connectivity index (χ4v) is 1.26. The summed E-state index contributed by atoms with van der Waals surface area (Å²) in [7, 11) is 1.75. The van der Waals surface area contributed by atoms with E-state index < -0.39 is 5.54 Å². The highest BCUT2D eigenvalue weighted by Crippen LogP contribution is 2.06. The monoisotopic (exact) mass is 214 g/mol. The van der Waals surface area contributed by atoms with Gasteiger partial charge in [-0.3, -0.25) is 4.79 Å². The van der Waals surface area contributed by atoms with Crippen LogP contribution in [0.1, 0.15) is 34.1 Å². The molecule has 0 saturated heterocycles. The maximum absolute atomic E-state index is 11.8. The smallest absolute Gasteiger partial charge is 0.237 e. The lowest BCUT2D eigenvalue weighted by molar-refractivity contribution is -0.127. The van der Waals surface area contributed by atoms with Gasteiger partial charge in [-0.25, -0.2) is 0 Å². The molecule has 4 heteroatoms. The van der Waals surface area contributed by atoms with Crippen LogP contribution in [-0.4, -0.2) is 30.8 Å². The zero-order chi connectivity index (χ0) is 12.1. The highest BCUT2D eigenvalue weighted by atomic mass is 16.2. The lowest BCUT2D eigenvalue weighted by Gasteiger charge is -2.24. The van der Waals surface area contributed by atoms with Crippen molar-refractivity contribution in [2.45, 2.75) is 45.7 Å². The van der Waals surface area contributed by atoms with Crippen molar-refractivity contribution in [3.63, 3.8) is 0 Å². The predicted molar refractivity (Wildman–Crippen MR) is 60.6 cm³/mol. The third-order valence-electron chi connectivity index (χ3n) is 2.11. The molecular weight excluding hydrogens is 192 g/mol. The Balaban J connectivity index is 4.34. The molecule has 1 amide bonds. The van der Waals surface area contributed by atoms with Gasteiger partial charge in [-0.05, 0) is 33.2 Å². The van der Waals surface area contributed by atoms with Crippen LogP contribution in [0, 0.1) is 5.92 Å². The van der Waals surface area contributed by atoms with Crippen LogP contribution in [0.2, 0.25) is 0 Å². The van der Waals surface area contributed by atoms with Crippen LogP contribution in [0.4, 0.5) is 0 Å². The Morgan fingerprint density at radius 3 is 2.27 bits per heavy atom. The zero-order valence-corrected chi connectivity index (χ0v) is 10.3. The van der Waals surface area contributed by atoms with Crippen molar-refractivity contribution < 1.29 is 9.59 Å². The number of likely N-dealkylation sites (N-methyl/N-ethyl adjacent to an activating group) is 1. The Bertz CT molecular complexity index is 225. The van der Waals surface area contributed by atoms with Gasteiger partial charge < -0.3 is 15.4 Å². The van der Waals surface area contributed by atoms with Crippen molar-refractivity contribution in [2.24, 2.45) is 5.92 Å². The van der Waals surface area contributed by atoms with Gasteiger partial charge in [0.15, 0.2) is 0 Å². The SMILES string of the molecule is CNC(CC(C)C)C(=O)NC(C)(C)C=O. The summed E-state index contributed by atoms with van der Waals surface area (Å²) in [5.74, 6) is 0.316. The Morgan fingerprint density at radius 1 is 1.40 bits per heavy atom. The van der Waals surface area contributed by atoms with Crippen LogP contribution in [0.5, 0.6) is 0 Å². The summed E-state index contributed by atoms with van der Waals surface area (Å²) in [6.45, 7) is 7.48. The Labute approximate surface area is 91.8 Å². The molecule has 0 rings (SSSR count). The normalized spacial score (nSPS) is 13.7. The van der Waals surface area contributed by atoms with E-state index >= 15 is 0 Å². The molecule has 0 fully saturated rings. The van der Waals surface area contributed by atoms with E-state index in [1.165, 1.54) is 0 Å². The first-order valence-corrected chi connectivity index (χ1v) is 5.28. The van der Waals surface area contributed by atoms with Crippen molar-refractivity contribution in [2.75, 3.05) is 7.05 Å². The average molecular weight is 214 g/mol. The molecule has 0 saturated carbocycles. The average Bonchev–Trinajstić information content (AvgIpc) is 2.13. The summed E-state index contributed by atoms with van der Waals surface area (Å²) in [6, 6.07) is -0.232. The van der Waals surface area contributed by atoms with E-state index in [9.17, 15) is 9.59 Å². The molecule has 2 N–H and O–H groups in total. The fourth-order valence-electron chi connectivity index (χ4n) is 1.26. The highest BCUT2D eigenvalue weighted by Gasteiger charge is 2.24. The number of amides is 1. The van der Waals surface area contributed by atoms with Gasteiger partial charge in [-0.1, -0.05) is 13.8 Å². The quantitative estimate of drug-likeness (QED) is 0.640. The molecule has 0 aliphatic rings. The van der Waals surface area contributed by atoms with Crippen LogP contribution in [-0.2, 0) is 9.59 Å². The van der Waals surface area contributed by atoms with Gasteiger partial charge in [0.1, 0.15) is 6.29 Å². The topological polar surface area (TPSA) is 58.2 Å². The first-order valence-electron chi connectivity index (χ1n) is 5.28. The van der Waals surface area contributed by atoms with Gasteiger partial charge in [0.05, 0.1) is 11.6 Å². The molecule has 88 valence electrons. The minimum Gasteiger partial charge on any atom is -0.343 e. The zero-order valence-electron chi connectivity index (χ0n) is 10.3. The minimum absolute atomic E-state index is 0.122. The molecule has 15 heavy (non-hydrogen) atoms. The van der Waals surface area contributed by atoms with E-state index in [0.29, 0.717) is 5.92 Å². The van der Waals surface area contributed by atoms with Crippen molar-refractivity contribution in [3.8, 4) is 0 Å². The number of aldehydes is 1. The summed E-state index contributed by atoms with van der Waals surface area (Å²) in [6.07, 6.45) is 1.50. The van der Waals surface area contributed by atoms with Crippen LogP contribution in [0.15, 0.2) is 0 Å². The molecule has 0 aliphatic heterocycles. The Hall–Kier alpha value is -0.900. The molecule has 0 spiro atoms. The van der Waals surface area contributed by atoms with Crippen LogP contribution >= 0.6 is 0 Å². The number of rotatable bonds is 6. The van der Waals surface area contributed by atoms with Crippen LogP contribution in [0.25, 0.3) is 0 Å². The lowest BCUT2D eigenvalue weighted by Crippen LogP contribution is -2.52. The minimum atomic E-state index is -0.789. The molecule has 0 bridgehead atoms. The van der Waals surface area contributed by atoms with E-state index in [1.807, 2.05) is 0 Å². The molecule has 1 atom stereocenters. The van der Waals surface area contributed by atoms with E-state index in [-0.39, 0.29) is 11.9 Å². The molecule has 1 unspecified atom stereocenters. The molecule has 0 aliphatic carbocycles. The van der Waals surface area contributed by atoms with E-state index in [0.717, 1.165) is 12.7 Å². The van der Waals surface area contributed by atoms with Crippen molar-refractivity contribution in [1.82, 2.24) is 10.6 Å². The highest BCUT2D eigenvalue weighted by molar-refractivity contribution is 5.85. The first-order chi connectivity index (χ1) is 6.82. The van der Waals surface area contributed by atoms with Crippen LogP contribution in [0.3, 0.4) is 0 Å². The van der Waals surface area contributed by atoms with Gasteiger partial charge in [0.2, 0.25) is 5.91 Å². The van der Waals surface area contributed by atoms with Crippen LogP contribution < -0.4 is 10.6 Å². The predicted octanol–water partition coefficient (Wildman–Crippen LogP) is 0.714.